The summed E-state index contributed by atoms with van der Waals surface area (Å²) in [6, 6.07) is 31.6. The predicted octanol–water partition coefficient (Wildman–Crippen LogP) is 7.55. The minimum atomic E-state index is -0.556. The number of nitrogens with one attached hydrogen (secondary N) is 2. The van der Waals surface area contributed by atoms with Crippen molar-refractivity contribution in [3.05, 3.63) is 120 Å². The monoisotopic (exact) mass is 581 g/mol. The number of methoxy groups -OCH3 is 2. The molecular weight excluding hydrogens is 555 g/mol. The van der Waals surface area contributed by atoms with Gasteiger partial charge in [0.15, 0.2) is 5.13 Å². The molecule has 0 aliphatic rings. The molecule has 4 aromatic carbocycles. The molecule has 1 aromatic heterocycles. The normalized spacial score (nSPS) is 11.4. The largest absolute Gasteiger partial charge is 0.497 e. The standard InChI is InChI=1S/C32H27N3O4S2/c1-38-24-14-8-12-22(18-24)30(36)33-23-13-9-15-25(19-23)41-29(21-10-4-3-5-11-21)31(37)35-32-34-27(20-40-32)26-16-6-7-17-28(26)39-2/h3-20,29H,1-2H3,(H,33,36)(H,34,35,37). The zero-order valence-electron chi connectivity index (χ0n) is 22.4. The van der Waals surface area contributed by atoms with Crippen molar-refractivity contribution in [1.82, 2.24) is 4.98 Å². The van der Waals surface area contributed by atoms with Crippen molar-refractivity contribution < 1.29 is 19.1 Å². The molecule has 7 nitrogen and oxygen atoms in total. The van der Waals surface area contributed by atoms with Gasteiger partial charge in [-0.05, 0) is 54.1 Å². The van der Waals surface area contributed by atoms with E-state index in [1.807, 2.05) is 84.2 Å². The number of hydrogen-bond donors (Lipinski definition) is 2. The molecule has 0 spiro atoms. The van der Waals surface area contributed by atoms with E-state index in [1.54, 1.807) is 38.5 Å². The fourth-order valence-corrected chi connectivity index (χ4v) is 5.93. The highest BCUT2D eigenvalue weighted by atomic mass is 32.2. The Kier molecular flexibility index (Phi) is 8.98. The molecule has 2 amide bonds. The van der Waals surface area contributed by atoms with Crippen LogP contribution >= 0.6 is 23.1 Å². The van der Waals surface area contributed by atoms with Gasteiger partial charge in [-0.1, -0.05) is 54.6 Å². The van der Waals surface area contributed by atoms with Crippen LogP contribution in [0.5, 0.6) is 11.5 Å². The number of ether oxygens (including phenoxy) is 2. The zero-order chi connectivity index (χ0) is 28.6. The molecule has 1 unspecified atom stereocenters. The molecule has 1 heterocycles. The maximum Gasteiger partial charge on any atom is 0.255 e. The van der Waals surface area contributed by atoms with Crippen molar-refractivity contribution in [3.63, 3.8) is 0 Å². The van der Waals surface area contributed by atoms with Gasteiger partial charge in [-0.15, -0.1) is 23.1 Å². The maximum absolute atomic E-state index is 13.6. The third-order valence-electron chi connectivity index (χ3n) is 6.14. The summed E-state index contributed by atoms with van der Waals surface area (Å²) in [5.74, 6) is 0.867. The molecule has 0 bridgehead atoms. The van der Waals surface area contributed by atoms with E-state index in [1.165, 1.54) is 23.1 Å². The Balaban J connectivity index is 1.34. The second-order valence-electron chi connectivity index (χ2n) is 8.85. The Hall–Kier alpha value is -4.60. The van der Waals surface area contributed by atoms with E-state index in [2.05, 4.69) is 15.6 Å². The number of nitrogens with zero attached hydrogens (tertiary/aromatic N) is 1. The van der Waals surface area contributed by atoms with E-state index in [4.69, 9.17) is 9.47 Å². The van der Waals surface area contributed by atoms with Crippen LogP contribution in [0.2, 0.25) is 0 Å². The first-order chi connectivity index (χ1) is 20.0. The lowest BCUT2D eigenvalue weighted by atomic mass is 10.1. The van der Waals surface area contributed by atoms with Gasteiger partial charge in [0.05, 0.1) is 19.9 Å². The number of para-hydroxylation sites is 1. The number of hydrogen-bond acceptors (Lipinski definition) is 7. The topological polar surface area (TPSA) is 89.5 Å². The summed E-state index contributed by atoms with van der Waals surface area (Å²) >= 11 is 2.75. The zero-order valence-corrected chi connectivity index (χ0v) is 24.0. The van der Waals surface area contributed by atoms with Gasteiger partial charge >= 0.3 is 0 Å². The van der Waals surface area contributed by atoms with Crippen LogP contribution in [0.1, 0.15) is 21.2 Å². The van der Waals surface area contributed by atoms with Gasteiger partial charge in [0, 0.05) is 27.1 Å². The highest BCUT2D eigenvalue weighted by Gasteiger charge is 2.24. The minimum absolute atomic E-state index is 0.201. The Bertz CT molecular complexity index is 1660. The van der Waals surface area contributed by atoms with E-state index in [9.17, 15) is 9.59 Å². The second-order valence-corrected chi connectivity index (χ2v) is 10.9. The summed E-state index contributed by atoms with van der Waals surface area (Å²) in [4.78, 5) is 31.9. The van der Waals surface area contributed by atoms with Gasteiger partial charge < -0.3 is 20.1 Å². The molecule has 0 aliphatic heterocycles. The molecule has 5 aromatic rings. The van der Waals surface area contributed by atoms with Crippen LogP contribution in [0.3, 0.4) is 0 Å². The summed E-state index contributed by atoms with van der Waals surface area (Å²) in [6.07, 6.45) is 0. The van der Waals surface area contributed by atoms with Crippen LogP contribution in [0.15, 0.2) is 113 Å². The van der Waals surface area contributed by atoms with Crippen LogP contribution in [0, 0.1) is 0 Å². The molecule has 5 rings (SSSR count). The highest BCUT2D eigenvalue weighted by molar-refractivity contribution is 8.00. The fourth-order valence-electron chi connectivity index (χ4n) is 4.13. The van der Waals surface area contributed by atoms with Crippen molar-refractivity contribution in [2.24, 2.45) is 0 Å². The Morgan fingerprint density at radius 1 is 0.829 bits per heavy atom. The molecule has 9 heteroatoms. The average Bonchev–Trinajstić information content (AvgIpc) is 3.48. The lowest BCUT2D eigenvalue weighted by Gasteiger charge is -2.17. The van der Waals surface area contributed by atoms with Gasteiger partial charge in [0.1, 0.15) is 16.7 Å². The van der Waals surface area contributed by atoms with Crippen LogP contribution in [0.4, 0.5) is 10.8 Å². The molecule has 0 radical (unpaired) electrons. The molecule has 0 saturated carbocycles. The van der Waals surface area contributed by atoms with Crippen LogP contribution < -0.4 is 20.1 Å². The number of amides is 2. The minimum Gasteiger partial charge on any atom is -0.497 e. The SMILES string of the molecule is COc1cccc(C(=O)Nc2cccc(SC(C(=O)Nc3nc(-c4ccccc4OC)cs3)c3ccccc3)c2)c1. The third-order valence-corrected chi connectivity index (χ3v) is 8.14. The Morgan fingerprint density at radius 2 is 1.61 bits per heavy atom. The summed E-state index contributed by atoms with van der Waals surface area (Å²) in [5, 5.41) is 7.76. The Labute approximate surface area is 246 Å². The number of rotatable bonds is 10. The van der Waals surface area contributed by atoms with E-state index >= 15 is 0 Å². The lowest BCUT2D eigenvalue weighted by molar-refractivity contribution is -0.115. The quantitative estimate of drug-likeness (QED) is 0.166. The average molecular weight is 582 g/mol. The van der Waals surface area contributed by atoms with Crippen molar-refractivity contribution in [3.8, 4) is 22.8 Å². The number of aromatic nitrogens is 1. The van der Waals surface area contributed by atoms with Crippen molar-refractivity contribution in [2.75, 3.05) is 24.9 Å². The van der Waals surface area contributed by atoms with Crippen LogP contribution in [-0.4, -0.2) is 31.0 Å². The molecule has 2 N–H and O–H groups in total. The highest BCUT2D eigenvalue weighted by Crippen LogP contribution is 2.38. The van der Waals surface area contributed by atoms with Gasteiger partial charge in [0.2, 0.25) is 5.91 Å². The summed E-state index contributed by atoms with van der Waals surface area (Å²) < 4.78 is 10.7. The fraction of sp³-hybridized carbons (Fsp3) is 0.0938. The number of thiazole rings is 1. The first-order valence-corrected chi connectivity index (χ1v) is 14.5. The van der Waals surface area contributed by atoms with Crippen molar-refractivity contribution >= 4 is 45.7 Å². The van der Waals surface area contributed by atoms with Crippen molar-refractivity contribution in [2.45, 2.75) is 10.1 Å². The smallest absolute Gasteiger partial charge is 0.255 e. The van der Waals surface area contributed by atoms with E-state index < -0.39 is 5.25 Å². The van der Waals surface area contributed by atoms with E-state index in [0.717, 1.165) is 21.7 Å². The Morgan fingerprint density at radius 3 is 2.41 bits per heavy atom. The number of anilines is 2. The maximum atomic E-state index is 13.6. The molecule has 0 saturated heterocycles. The lowest BCUT2D eigenvalue weighted by Crippen LogP contribution is -2.19. The van der Waals surface area contributed by atoms with Gasteiger partial charge in [-0.25, -0.2) is 4.98 Å². The van der Waals surface area contributed by atoms with E-state index in [0.29, 0.717) is 27.9 Å². The van der Waals surface area contributed by atoms with E-state index in [-0.39, 0.29) is 11.8 Å². The van der Waals surface area contributed by atoms with Crippen molar-refractivity contribution in [1.29, 1.82) is 0 Å². The van der Waals surface area contributed by atoms with Gasteiger partial charge in [0.25, 0.3) is 5.91 Å². The summed E-state index contributed by atoms with van der Waals surface area (Å²) in [7, 11) is 3.18. The molecule has 0 aliphatic carbocycles. The number of carbonyl (C=O) groups excluding carboxylic acids is 2. The van der Waals surface area contributed by atoms with Crippen LogP contribution in [-0.2, 0) is 4.79 Å². The molecule has 41 heavy (non-hydrogen) atoms. The first kappa shape index (κ1) is 27.9. The molecule has 0 fully saturated rings. The molecular formula is C32H27N3O4S2. The third kappa shape index (κ3) is 6.95. The molecule has 206 valence electrons. The number of thioether (sulfide) groups is 1. The summed E-state index contributed by atoms with van der Waals surface area (Å²) in [5.41, 5.74) is 3.54. The first-order valence-electron chi connectivity index (χ1n) is 12.7. The predicted molar refractivity (Wildman–Crippen MR) is 165 cm³/mol. The van der Waals surface area contributed by atoms with Crippen LogP contribution in [0.25, 0.3) is 11.3 Å². The molecule has 1 atom stereocenters. The van der Waals surface area contributed by atoms with Gasteiger partial charge in [-0.3, -0.25) is 9.59 Å². The summed E-state index contributed by atoms with van der Waals surface area (Å²) in [6.45, 7) is 0. The van der Waals surface area contributed by atoms with Gasteiger partial charge in [-0.2, -0.15) is 0 Å². The number of benzene rings is 4. The second kappa shape index (κ2) is 13.2. The number of carbonyl (C=O) groups is 2.